The zero-order valence-electron chi connectivity index (χ0n) is 6.47. The fourth-order valence-electron chi connectivity index (χ4n) is 2.29. The van der Waals surface area contributed by atoms with Crippen molar-refractivity contribution in [2.75, 3.05) is 0 Å². The van der Waals surface area contributed by atoms with E-state index in [1.165, 1.54) is 38.5 Å². The molecule has 2 rings (SSSR count). The lowest BCUT2D eigenvalue weighted by molar-refractivity contribution is 0.326. The Morgan fingerprint density at radius 1 is 1.00 bits per heavy atom. The molecule has 0 bridgehead atoms. The molecule has 1 saturated carbocycles. The van der Waals surface area contributed by atoms with Gasteiger partial charge in [0.1, 0.15) is 0 Å². The average Bonchev–Trinajstić information content (AvgIpc) is 2.39. The first-order valence-electron chi connectivity index (χ1n) is 4.41. The maximum Gasteiger partial charge on any atom is -0.0229 e. The molecule has 1 spiro atoms. The molecule has 2 aliphatic carbocycles. The van der Waals surface area contributed by atoms with Crippen LogP contribution in [0.1, 0.15) is 38.5 Å². The van der Waals surface area contributed by atoms with Crippen molar-refractivity contribution >= 4 is 0 Å². The van der Waals surface area contributed by atoms with Gasteiger partial charge < -0.3 is 0 Å². The largest absolute Gasteiger partial charge is 0.0885 e. The molecule has 0 heterocycles. The predicted molar refractivity (Wildman–Crippen MR) is 43.6 cm³/mol. The van der Waals surface area contributed by atoms with E-state index in [0.29, 0.717) is 5.41 Å². The van der Waals surface area contributed by atoms with Gasteiger partial charge in [0.15, 0.2) is 0 Å². The minimum Gasteiger partial charge on any atom is -0.0885 e. The van der Waals surface area contributed by atoms with Gasteiger partial charge >= 0.3 is 0 Å². The van der Waals surface area contributed by atoms with E-state index < -0.39 is 0 Å². The molecule has 0 aromatic rings. The van der Waals surface area contributed by atoms with Crippen molar-refractivity contribution in [3.05, 3.63) is 18.6 Å². The average molecular weight is 135 g/mol. The summed E-state index contributed by atoms with van der Waals surface area (Å²) in [5, 5.41) is 0. The Labute approximate surface area is 63.3 Å². The summed E-state index contributed by atoms with van der Waals surface area (Å²) in [7, 11) is 0. The molecule has 1 unspecified atom stereocenters. The van der Waals surface area contributed by atoms with Gasteiger partial charge in [-0.1, -0.05) is 18.6 Å². The zero-order valence-corrected chi connectivity index (χ0v) is 6.47. The van der Waals surface area contributed by atoms with E-state index in [0.717, 1.165) is 0 Å². The maximum atomic E-state index is 2.57. The molecule has 0 aliphatic heterocycles. The minimum atomic E-state index is 0.661. The van der Waals surface area contributed by atoms with Crippen LogP contribution < -0.4 is 0 Å². The van der Waals surface area contributed by atoms with Crippen LogP contribution in [0.2, 0.25) is 0 Å². The fourth-order valence-corrected chi connectivity index (χ4v) is 2.29. The van der Waals surface area contributed by atoms with Crippen LogP contribution in [0.4, 0.5) is 0 Å². The summed E-state index contributed by atoms with van der Waals surface area (Å²) in [5.41, 5.74) is 0.661. The van der Waals surface area contributed by atoms with Crippen molar-refractivity contribution < 1.29 is 0 Å². The van der Waals surface area contributed by atoms with Gasteiger partial charge in [-0.15, -0.1) is 0 Å². The third-order valence-corrected chi connectivity index (χ3v) is 2.96. The molecule has 0 saturated heterocycles. The SMILES string of the molecule is [CH]1CCCC12CC=CCC2. The van der Waals surface area contributed by atoms with Gasteiger partial charge in [-0.2, -0.15) is 0 Å². The summed E-state index contributed by atoms with van der Waals surface area (Å²) in [6, 6.07) is 0. The predicted octanol–water partition coefficient (Wildman–Crippen LogP) is 3.10. The highest BCUT2D eigenvalue weighted by molar-refractivity contribution is 5.06. The standard InChI is InChI=1S/C10H15/c1-2-6-10(7-3-1)8-4-5-9-10/h1-2,8H,3-7,9H2. The Morgan fingerprint density at radius 3 is 2.60 bits per heavy atom. The molecule has 2 aliphatic rings. The molecule has 0 amide bonds. The van der Waals surface area contributed by atoms with Crippen LogP contribution in [0.15, 0.2) is 12.2 Å². The second-order valence-corrected chi connectivity index (χ2v) is 3.67. The summed E-state index contributed by atoms with van der Waals surface area (Å²) in [6.45, 7) is 0. The lowest BCUT2D eigenvalue weighted by Gasteiger charge is -2.29. The summed E-state index contributed by atoms with van der Waals surface area (Å²) >= 11 is 0. The van der Waals surface area contributed by atoms with E-state index in [1.807, 2.05) is 0 Å². The molecule has 0 aromatic carbocycles. The molecule has 1 radical (unpaired) electrons. The summed E-state index contributed by atoms with van der Waals surface area (Å²) < 4.78 is 0. The second-order valence-electron chi connectivity index (χ2n) is 3.67. The normalized spacial score (nSPS) is 29.6. The number of allylic oxidation sites excluding steroid dienone is 2. The Bertz CT molecular complexity index is 138. The van der Waals surface area contributed by atoms with E-state index in [9.17, 15) is 0 Å². The minimum absolute atomic E-state index is 0.661. The van der Waals surface area contributed by atoms with Crippen LogP contribution in [0.5, 0.6) is 0 Å². The van der Waals surface area contributed by atoms with E-state index in [2.05, 4.69) is 18.6 Å². The molecular weight excluding hydrogens is 120 g/mol. The van der Waals surface area contributed by atoms with Gasteiger partial charge in [0.05, 0.1) is 0 Å². The maximum absolute atomic E-state index is 2.57. The van der Waals surface area contributed by atoms with Crippen LogP contribution >= 0.6 is 0 Å². The highest BCUT2D eigenvalue weighted by Gasteiger charge is 2.33. The van der Waals surface area contributed by atoms with Crippen LogP contribution in [-0.2, 0) is 0 Å². The van der Waals surface area contributed by atoms with Crippen molar-refractivity contribution in [2.45, 2.75) is 38.5 Å². The molecule has 0 aromatic heterocycles. The van der Waals surface area contributed by atoms with Crippen molar-refractivity contribution in [1.29, 1.82) is 0 Å². The van der Waals surface area contributed by atoms with Gasteiger partial charge in [0.25, 0.3) is 0 Å². The van der Waals surface area contributed by atoms with Gasteiger partial charge in [0, 0.05) is 0 Å². The summed E-state index contributed by atoms with van der Waals surface area (Å²) in [4.78, 5) is 0. The molecule has 0 N–H and O–H groups in total. The first-order valence-corrected chi connectivity index (χ1v) is 4.41. The van der Waals surface area contributed by atoms with Crippen LogP contribution in [0.3, 0.4) is 0 Å². The lowest BCUT2D eigenvalue weighted by Crippen LogP contribution is -2.17. The zero-order chi connectivity index (χ0) is 6.86. The topological polar surface area (TPSA) is 0 Å². The Hall–Kier alpha value is -0.260. The molecular formula is C10H15. The van der Waals surface area contributed by atoms with Gasteiger partial charge in [-0.25, -0.2) is 0 Å². The Morgan fingerprint density at radius 2 is 2.00 bits per heavy atom. The van der Waals surface area contributed by atoms with E-state index in [4.69, 9.17) is 0 Å². The monoisotopic (exact) mass is 135 g/mol. The van der Waals surface area contributed by atoms with Crippen molar-refractivity contribution in [3.8, 4) is 0 Å². The number of hydrogen-bond donors (Lipinski definition) is 0. The third-order valence-electron chi connectivity index (χ3n) is 2.96. The van der Waals surface area contributed by atoms with Crippen molar-refractivity contribution in [1.82, 2.24) is 0 Å². The first kappa shape index (κ1) is 6.45. The summed E-state index contributed by atoms with van der Waals surface area (Å²) in [6.07, 6.45) is 15.6. The molecule has 1 atom stereocenters. The molecule has 0 heteroatoms. The lowest BCUT2D eigenvalue weighted by atomic mass is 9.76. The van der Waals surface area contributed by atoms with Gasteiger partial charge in [0.2, 0.25) is 0 Å². The highest BCUT2D eigenvalue weighted by Crippen LogP contribution is 2.45. The van der Waals surface area contributed by atoms with E-state index >= 15 is 0 Å². The third kappa shape index (κ3) is 1.00. The fraction of sp³-hybridized carbons (Fsp3) is 0.700. The molecule has 1 fully saturated rings. The van der Waals surface area contributed by atoms with Crippen molar-refractivity contribution in [2.24, 2.45) is 5.41 Å². The Balaban J connectivity index is 2.06. The number of rotatable bonds is 0. The van der Waals surface area contributed by atoms with Gasteiger partial charge in [-0.05, 0) is 43.9 Å². The quantitative estimate of drug-likeness (QED) is 0.448. The smallest absolute Gasteiger partial charge is 0.0229 e. The molecule has 0 nitrogen and oxygen atoms in total. The van der Waals surface area contributed by atoms with Crippen LogP contribution in [-0.4, -0.2) is 0 Å². The highest BCUT2D eigenvalue weighted by atomic mass is 14.4. The van der Waals surface area contributed by atoms with Gasteiger partial charge in [-0.3, -0.25) is 0 Å². The number of hydrogen-bond acceptors (Lipinski definition) is 0. The molecule has 55 valence electrons. The first-order chi connectivity index (χ1) is 4.91. The van der Waals surface area contributed by atoms with E-state index in [1.54, 1.807) is 0 Å². The van der Waals surface area contributed by atoms with Crippen LogP contribution in [0.25, 0.3) is 0 Å². The Kier molecular flexibility index (Phi) is 1.55. The molecule has 10 heavy (non-hydrogen) atoms. The second kappa shape index (κ2) is 2.41. The van der Waals surface area contributed by atoms with Crippen LogP contribution in [0, 0.1) is 11.8 Å². The van der Waals surface area contributed by atoms with E-state index in [-0.39, 0.29) is 0 Å². The summed E-state index contributed by atoms with van der Waals surface area (Å²) in [5.74, 6) is 0. The van der Waals surface area contributed by atoms with Crippen molar-refractivity contribution in [3.63, 3.8) is 0 Å².